The average molecular weight is 292 g/mol. The maximum Gasteiger partial charge on any atom is 0.341 e. The molecule has 0 spiro atoms. The number of nitrogens with two attached hydrogens (primary N) is 1. The monoisotopic (exact) mass is 292 g/mol. The fraction of sp³-hybridized carbons (Fsp3) is 0.667. The van der Waals surface area contributed by atoms with E-state index in [0.29, 0.717) is 42.3 Å². The topological polar surface area (TPSA) is 81.3 Å². The lowest BCUT2D eigenvalue weighted by molar-refractivity contribution is 0.0524. The Morgan fingerprint density at radius 2 is 2.29 bits per heavy atom. The predicted octanol–water partition coefficient (Wildman–Crippen LogP) is 1.53. The van der Waals surface area contributed by atoms with Crippen molar-refractivity contribution in [2.75, 3.05) is 25.1 Å². The van der Waals surface area contributed by atoms with Gasteiger partial charge in [0.1, 0.15) is 0 Å². The number of nitrogens with zero attached hydrogens (tertiary/aromatic N) is 3. The molecule has 1 aliphatic carbocycles. The van der Waals surface area contributed by atoms with Gasteiger partial charge >= 0.3 is 5.97 Å². The van der Waals surface area contributed by atoms with Crippen LogP contribution in [0.25, 0.3) is 0 Å². The molecule has 2 atom stereocenters. The van der Waals surface area contributed by atoms with E-state index in [1.165, 1.54) is 6.42 Å². The van der Waals surface area contributed by atoms with Gasteiger partial charge in [-0.2, -0.15) is 0 Å². The molecule has 0 aromatic carbocycles. The van der Waals surface area contributed by atoms with Crippen molar-refractivity contribution in [2.24, 2.45) is 11.7 Å². The number of carbonyl (C=O) groups is 1. The van der Waals surface area contributed by atoms with Gasteiger partial charge in [-0.15, -0.1) is 0 Å². The third kappa shape index (κ3) is 3.32. The van der Waals surface area contributed by atoms with Crippen molar-refractivity contribution in [3.63, 3.8) is 0 Å². The van der Waals surface area contributed by atoms with E-state index in [2.05, 4.69) is 14.9 Å². The number of hydrogen-bond donors (Lipinski definition) is 1. The van der Waals surface area contributed by atoms with Crippen LogP contribution in [0.5, 0.6) is 0 Å². The number of ether oxygens (including phenoxy) is 1. The van der Waals surface area contributed by atoms with Crippen LogP contribution in [0.1, 0.15) is 42.2 Å². The molecule has 1 aliphatic rings. The second kappa shape index (κ2) is 6.85. The highest BCUT2D eigenvalue weighted by molar-refractivity contribution is 5.90. The summed E-state index contributed by atoms with van der Waals surface area (Å²) in [7, 11) is 2.00. The molecular weight excluding hydrogens is 268 g/mol. The summed E-state index contributed by atoms with van der Waals surface area (Å²) in [5.74, 6) is 0.763. The summed E-state index contributed by atoms with van der Waals surface area (Å²) >= 11 is 0. The van der Waals surface area contributed by atoms with Gasteiger partial charge in [0, 0.05) is 19.3 Å². The zero-order valence-electron chi connectivity index (χ0n) is 13.0. The van der Waals surface area contributed by atoms with Gasteiger partial charge in [-0.1, -0.05) is 6.42 Å². The van der Waals surface area contributed by atoms with E-state index in [1.807, 2.05) is 7.05 Å². The SMILES string of the molecule is CCOC(=O)c1cnc(N(C)C2CCCC2CN)nc1C. The molecule has 116 valence electrons. The molecule has 0 radical (unpaired) electrons. The maximum absolute atomic E-state index is 11.8. The van der Waals surface area contributed by atoms with Gasteiger partial charge in [-0.25, -0.2) is 14.8 Å². The Labute approximate surface area is 125 Å². The van der Waals surface area contributed by atoms with Crippen LogP contribution in [-0.4, -0.2) is 42.2 Å². The van der Waals surface area contributed by atoms with Gasteiger partial charge in [0.25, 0.3) is 0 Å². The number of aryl methyl sites for hydroxylation is 1. The minimum Gasteiger partial charge on any atom is -0.462 e. The predicted molar refractivity (Wildman–Crippen MR) is 81.3 cm³/mol. The Balaban J connectivity index is 2.17. The molecule has 6 nitrogen and oxygen atoms in total. The van der Waals surface area contributed by atoms with Crippen LogP contribution in [0.4, 0.5) is 5.95 Å². The molecule has 1 heterocycles. The Hall–Kier alpha value is -1.69. The van der Waals surface area contributed by atoms with Gasteiger partial charge in [-0.3, -0.25) is 0 Å². The van der Waals surface area contributed by atoms with Gasteiger partial charge < -0.3 is 15.4 Å². The van der Waals surface area contributed by atoms with Gasteiger partial charge in [-0.05, 0) is 39.2 Å². The quantitative estimate of drug-likeness (QED) is 0.829. The molecule has 0 bridgehead atoms. The molecule has 21 heavy (non-hydrogen) atoms. The zero-order chi connectivity index (χ0) is 15.4. The molecule has 0 saturated heterocycles. The number of rotatable bonds is 5. The highest BCUT2D eigenvalue weighted by Crippen LogP contribution is 2.30. The first-order chi connectivity index (χ1) is 10.1. The van der Waals surface area contributed by atoms with Crippen LogP contribution >= 0.6 is 0 Å². The van der Waals surface area contributed by atoms with E-state index in [0.717, 1.165) is 12.8 Å². The second-order valence-electron chi connectivity index (χ2n) is 5.49. The van der Waals surface area contributed by atoms with E-state index >= 15 is 0 Å². The van der Waals surface area contributed by atoms with Crippen molar-refractivity contribution in [3.05, 3.63) is 17.5 Å². The Morgan fingerprint density at radius 3 is 2.90 bits per heavy atom. The molecule has 2 rings (SSSR count). The van der Waals surface area contributed by atoms with Crippen LogP contribution in [0.3, 0.4) is 0 Å². The number of aromatic nitrogens is 2. The van der Waals surface area contributed by atoms with Gasteiger partial charge in [0.05, 0.1) is 17.9 Å². The highest BCUT2D eigenvalue weighted by Gasteiger charge is 2.30. The van der Waals surface area contributed by atoms with Crippen LogP contribution < -0.4 is 10.6 Å². The van der Waals surface area contributed by atoms with Crippen molar-refractivity contribution >= 4 is 11.9 Å². The van der Waals surface area contributed by atoms with Crippen molar-refractivity contribution < 1.29 is 9.53 Å². The Bertz CT molecular complexity index is 506. The summed E-state index contributed by atoms with van der Waals surface area (Å²) in [5.41, 5.74) is 6.91. The lowest BCUT2D eigenvalue weighted by Crippen LogP contribution is -2.38. The summed E-state index contributed by atoms with van der Waals surface area (Å²) in [5, 5.41) is 0. The third-order valence-electron chi connectivity index (χ3n) is 4.20. The number of carbonyl (C=O) groups excluding carboxylic acids is 1. The number of hydrogen-bond acceptors (Lipinski definition) is 6. The highest BCUT2D eigenvalue weighted by atomic mass is 16.5. The van der Waals surface area contributed by atoms with Crippen LogP contribution in [0.15, 0.2) is 6.20 Å². The summed E-state index contributed by atoms with van der Waals surface area (Å²) < 4.78 is 4.99. The summed E-state index contributed by atoms with van der Waals surface area (Å²) in [6, 6.07) is 0.378. The molecule has 0 aliphatic heterocycles. The largest absolute Gasteiger partial charge is 0.462 e. The molecule has 2 N–H and O–H groups in total. The molecule has 1 aromatic heterocycles. The average Bonchev–Trinajstić information content (AvgIpc) is 2.94. The second-order valence-corrected chi connectivity index (χ2v) is 5.49. The normalized spacial score (nSPS) is 21.3. The fourth-order valence-corrected chi connectivity index (χ4v) is 2.98. The van der Waals surface area contributed by atoms with E-state index in [9.17, 15) is 4.79 Å². The number of anilines is 1. The van der Waals surface area contributed by atoms with Crippen molar-refractivity contribution in [3.8, 4) is 0 Å². The van der Waals surface area contributed by atoms with Crippen LogP contribution in [-0.2, 0) is 4.74 Å². The Kier molecular flexibility index (Phi) is 5.12. The summed E-state index contributed by atoms with van der Waals surface area (Å²) in [6.07, 6.45) is 5.02. The molecule has 6 heteroatoms. The molecule has 1 fully saturated rings. The standard InChI is InChI=1S/C15H24N4O2/c1-4-21-14(20)12-9-17-15(18-10(12)2)19(3)13-7-5-6-11(13)8-16/h9,11,13H,4-8,16H2,1-3H3. The van der Waals surface area contributed by atoms with E-state index < -0.39 is 0 Å². The zero-order valence-corrected chi connectivity index (χ0v) is 13.0. The van der Waals surface area contributed by atoms with E-state index in [1.54, 1.807) is 20.0 Å². The lowest BCUT2D eigenvalue weighted by atomic mass is 10.0. The summed E-state index contributed by atoms with van der Waals surface area (Å²) in [4.78, 5) is 22.7. The van der Waals surface area contributed by atoms with Gasteiger partial charge in [0.15, 0.2) is 0 Å². The third-order valence-corrected chi connectivity index (χ3v) is 4.20. The van der Waals surface area contributed by atoms with Crippen LogP contribution in [0.2, 0.25) is 0 Å². The maximum atomic E-state index is 11.8. The van der Waals surface area contributed by atoms with Gasteiger partial charge in [0.2, 0.25) is 5.95 Å². The fourth-order valence-electron chi connectivity index (χ4n) is 2.98. The first-order valence-corrected chi connectivity index (χ1v) is 7.52. The van der Waals surface area contributed by atoms with E-state index in [-0.39, 0.29) is 5.97 Å². The number of esters is 1. The lowest BCUT2D eigenvalue weighted by Gasteiger charge is -2.29. The molecular formula is C15H24N4O2. The van der Waals surface area contributed by atoms with Crippen LogP contribution in [0, 0.1) is 12.8 Å². The molecule has 1 aromatic rings. The first kappa shape index (κ1) is 15.7. The van der Waals surface area contributed by atoms with Crippen molar-refractivity contribution in [2.45, 2.75) is 39.2 Å². The van der Waals surface area contributed by atoms with Crippen molar-refractivity contribution in [1.82, 2.24) is 9.97 Å². The Morgan fingerprint density at radius 1 is 1.52 bits per heavy atom. The minimum absolute atomic E-state index is 0.347. The van der Waals surface area contributed by atoms with E-state index in [4.69, 9.17) is 10.5 Å². The van der Waals surface area contributed by atoms with Crippen molar-refractivity contribution in [1.29, 1.82) is 0 Å². The molecule has 1 saturated carbocycles. The smallest absolute Gasteiger partial charge is 0.341 e. The molecule has 0 amide bonds. The molecule has 2 unspecified atom stereocenters. The minimum atomic E-state index is -0.370. The summed E-state index contributed by atoms with van der Waals surface area (Å²) in [6.45, 7) is 4.62. The first-order valence-electron chi connectivity index (χ1n) is 7.52.